The number of thiazole rings is 1. The molecule has 2 aliphatic heterocycles. The van der Waals surface area contributed by atoms with Crippen LogP contribution in [0.15, 0.2) is 72.8 Å². The third-order valence-corrected chi connectivity index (χ3v) is 9.87. The number of hydrogen-bond donors (Lipinski definition) is 3. The zero-order valence-electron chi connectivity index (χ0n) is 26.3. The molecule has 0 spiro atoms. The van der Waals surface area contributed by atoms with Crippen molar-refractivity contribution >= 4 is 38.6 Å². The first-order valence-corrected chi connectivity index (χ1v) is 16.3. The molecule has 3 heterocycles. The first-order chi connectivity index (χ1) is 22.8. The summed E-state index contributed by atoms with van der Waals surface area (Å²) in [6.07, 6.45) is -1.11. The highest BCUT2D eigenvalue weighted by atomic mass is 32.1. The maximum absolute atomic E-state index is 13.9. The molecule has 3 aromatic carbocycles. The molecule has 2 saturated heterocycles. The molecular weight excluding hydrogens is 616 g/mol. The van der Waals surface area contributed by atoms with Gasteiger partial charge in [0, 0.05) is 25.7 Å². The summed E-state index contributed by atoms with van der Waals surface area (Å²) < 4.78 is 6.20. The van der Waals surface area contributed by atoms with Gasteiger partial charge < -0.3 is 25.8 Å². The monoisotopic (exact) mass is 654 g/mol. The molecule has 12 nitrogen and oxygen atoms in total. The molecule has 47 heavy (non-hydrogen) atoms. The second-order valence-electron chi connectivity index (χ2n) is 11.8. The standard InChI is InChI=1S/C34H38N8O4S/c1-22-32(44)27(17-23-7-4-3-5-8-23)42-29(20-39(22)19-25-9-6-10-28-31(25)38-33(36)47-28)41(21-30(42)43)40(16-15-35)34(45)37-18-24-11-13-26(46-2)14-12-24/h3-14,22,27,29,32,44H,16-21H2,1-2H3,(H2,36,38)(H,37,45)/t22?,27-,29+,32?/m0/s1. The Morgan fingerprint density at radius 1 is 1.15 bits per heavy atom. The molecule has 6 rings (SSSR count). The Morgan fingerprint density at radius 3 is 2.64 bits per heavy atom. The minimum Gasteiger partial charge on any atom is -0.497 e. The van der Waals surface area contributed by atoms with E-state index in [-0.39, 0.29) is 31.6 Å². The molecule has 2 aliphatic rings. The van der Waals surface area contributed by atoms with Gasteiger partial charge in [-0.1, -0.05) is 65.9 Å². The van der Waals surface area contributed by atoms with Crippen LogP contribution in [0.1, 0.15) is 23.6 Å². The van der Waals surface area contributed by atoms with E-state index >= 15 is 0 Å². The number of nitriles is 1. The average molecular weight is 655 g/mol. The molecule has 1 aromatic heterocycles. The van der Waals surface area contributed by atoms with Crippen molar-refractivity contribution < 1.29 is 19.4 Å². The normalized spacial score (nSPS) is 21.7. The van der Waals surface area contributed by atoms with Crippen molar-refractivity contribution in [1.82, 2.24) is 30.1 Å². The van der Waals surface area contributed by atoms with Gasteiger partial charge in [0.25, 0.3) is 0 Å². The Kier molecular flexibility index (Phi) is 9.55. The van der Waals surface area contributed by atoms with Crippen LogP contribution >= 0.6 is 11.3 Å². The van der Waals surface area contributed by atoms with E-state index in [2.05, 4.69) is 21.3 Å². The van der Waals surface area contributed by atoms with E-state index in [1.165, 1.54) is 16.3 Å². The van der Waals surface area contributed by atoms with Crippen molar-refractivity contribution in [3.05, 3.63) is 89.5 Å². The number of rotatable bonds is 9. The molecule has 0 radical (unpaired) electrons. The molecular formula is C34H38N8O4S. The maximum Gasteiger partial charge on any atom is 0.333 e. The first-order valence-electron chi connectivity index (χ1n) is 15.5. The molecule has 3 amide bonds. The van der Waals surface area contributed by atoms with Crippen LogP contribution in [-0.2, 0) is 24.3 Å². The number of amides is 3. The fourth-order valence-corrected chi connectivity index (χ4v) is 7.34. The highest BCUT2D eigenvalue weighted by Gasteiger charge is 2.51. The van der Waals surface area contributed by atoms with Gasteiger partial charge in [-0.25, -0.2) is 14.8 Å². The van der Waals surface area contributed by atoms with Crippen molar-refractivity contribution in [2.45, 2.75) is 50.8 Å². The zero-order valence-corrected chi connectivity index (χ0v) is 27.1. The number of aliphatic hydroxyl groups is 1. The molecule has 244 valence electrons. The number of nitrogen functional groups attached to an aromatic ring is 1. The summed E-state index contributed by atoms with van der Waals surface area (Å²) in [5.74, 6) is 0.486. The Bertz CT molecular complexity index is 1760. The SMILES string of the molecule is COc1ccc(CNC(=O)N(CC#N)N2CC(=O)N3[C@@H](Cc4ccccc4)C(O)C(C)N(Cc4cccc5sc(N)nc45)C[C@@H]32)cc1. The fraction of sp³-hybridized carbons (Fsp3) is 0.353. The second-order valence-corrected chi connectivity index (χ2v) is 12.9. The summed E-state index contributed by atoms with van der Waals surface area (Å²) in [5, 5.41) is 28.1. The number of fused-ring (bicyclic) bond motifs is 2. The van der Waals surface area contributed by atoms with Crippen LogP contribution in [0.4, 0.5) is 9.93 Å². The van der Waals surface area contributed by atoms with Crippen LogP contribution in [-0.4, -0.2) is 92.9 Å². The first kappa shape index (κ1) is 32.2. The number of anilines is 1. The second kappa shape index (κ2) is 13.9. The van der Waals surface area contributed by atoms with Crippen LogP contribution < -0.4 is 15.8 Å². The smallest absolute Gasteiger partial charge is 0.333 e. The van der Waals surface area contributed by atoms with Crippen LogP contribution in [0.3, 0.4) is 0 Å². The topological polar surface area (TPSA) is 151 Å². The van der Waals surface area contributed by atoms with Gasteiger partial charge in [-0.05, 0) is 48.2 Å². The van der Waals surface area contributed by atoms with Crippen molar-refractivity contribution in [1.29, 1.82) is 5.26 Å². The predicted octanol–water partition coefficient (Wildman–Crippen LogP) is 3.18. The molecule has 0 aliphatic carbocycles. The van der Waals surface area contributed by atoms with Gasteiger partial charge in [-0.3, -0.25) is 9.69 Å². The lowest BCUT2D eigenvalue weighted by Gasteiger charge is -2.38. The van der Waals surface area contributed by atoms with Gasteiger partial charge >= 0.3 is 6.03 Å². The molecule has 2 unspecified atom stereocenters. The number of benzene rings is 3. The van der Waals surface area contributed by atoms with Gasteiger partial charge in [0.05, 0.1) is 42.1 Å². The lowest BCUT2D eigenvalue weighted by molar-refractivity contribution is -0.132. The van der Waals surface area contributed by atoms with E-state index in [4.69, 9.17) is 10.5 Å². The number of aromatic nitrogens is 1. The number of aliphatic hydroxyl groups excluding tert-OH is 1. The van der Waals surface area contributed by atoms with E-state index in [1.807, 2.05) is 79.7 Å². The largest absolute Gasteiger partial charge is 0.497 e. The zero-order chi connectivity index (χ0) is 33.1. The maximum atomic E-state index is 13.9. The Balaban J connectivity index is 1.32. The molecule has 2 fully saturated rings. The summed E-state index contributed by atoms with van der Waals surface area (Å²) in [5.41, 5.74) is 9.65. The number of para-hydroxylation sites is 1. The van der Waals surface area contributed by atoms with Gasteiger partial charge in [0.2, 0.25) is 5.91 Å². The number of nitrogens with one attached hydrogen (secondary N) is 1. The van der Waals surface area contributed by atoms with Crippen molar-refractivity contribution in [3.8, 4) is 11.8 Å². The summed E-state index contributed by atoms with van der Waals surface area (Å²) >= 11 is 1.42. The van der Waals surface area contributed by atoms with E-state index in [1.54, 1.807) is 17.0 Å². The molecule has 4 N–H and O–H groups in total. The quantitative estimate of drug-likeness (QED) is 0.231. The minimum atomic E-state index is -0.905. The Morgan fingerprint density at radius 2 is 1.91 bits per heavy atom. The summed E-state index contributed by atoms with van der Waals surface area (Å²) in [4.78, 5) is 36.0. The van der Waals surface area contributed by atoms with E-state index in [0.717, 1.165) is 26.9 Å². The summed E-state index contributed by atoms with van der Waals surface area (Å²) in [6.45, 7) is 2.57. The van der Waals surface area contributed by atoms with Gasteiger partial charge in [-0.2, -0.15) is 10.3 Å². The summed E-state index contributed by atoms with van der Waals surface area (Å²) in [6, 6.07) is 23.7. The molecule has 0 bridgehead atoms. The van der Waals surface area contributed by atoms with Gasteiger partial charge in [-0.15, -0.1) is 0 Å². The van der Waals surface area contributed by atoms with Crippen LogP contribution in [0, 0.1) is 11.3 Å². The highest BCUT2D eigenvalue weighted by Crippen LogP contribution is 2.33. The van der Waals surface area contributed by atoms with Crippen LogP contribution in [0.2, 0.25) is 0 Å². The molecule has 0 saturated carbocycles. The third kappa shape index (κ3) is 6.72. The average Bonchev–Trinajstić information content (AvgIpc) is 3.60. The molecule has 4 aromatic rings. The Labute approximate surface area is 277 Å². The van der Waals surface area contributed by atoms with Gasteiger partial charge in [0.15, 0.2) is 5.13 Å². The van der Waals surface area contributed by atoms with Crippen molar-refractivity contribution in [2.75, 3.05) is 32.5 Å². The van der Waals surface area contributed by atoms with E-state index in [9.17, 15) is 20.0 Å². The minimum absolute atomic E-state index is 0.110. The lowest BCUT2D eigenvalue weighted by atomic mass is 9.95. The number of hydrazine groups is 1. The fourth-order valence-electron chi connectivity index (χ4n) is 6.56. The van der Waals surface area contributed by atoms with Crippen molar-refractivity contribution in [3.63, 3.8) is 0 Å². The number of ether oxygens (including phenoxy) is 1. The number of nitrogens with two attached hydrogens (primary N) is 1. The Hall–Kier alpha value is -4.74. The van der Waals surface area contributed by atoms with Crippen molar-refractivity contribution in [2.24, 2.45) is 0 Å². The lowest BCUT2D eigenvalue weighted by Crippen LogP contribution is -2.58. The highest BCUT2D eigenvalue weighted by molar-refractivity contribution is 7.22. The third-order valence-electron chi connectivity index (χ3n) is 9.02. The number of methoxy groups -OCH3 is 1. The van der Waals surface area contributed by atoms with Crippen LogP contribution in [0.5, 0.6) is 5.75 Å². The van der Waals surface area contributed by atoms with E-state index in [0.29, 0.717) is 30.4 Å². The van der Waals surface area contributed by atoms with Crippen LogP contribution in [0.25, 0.3) is 10.2 Å². The van der Waals surface area contributed by atoms with Gasteiger partial charge in [0.1, 0.15) is 18.5 Å². The number of urea groups is 1. The summed E-state index contributed by atoms with van der Waals surface area (Å²) in [7, 11) is 1.59. The number of carbonyl (C=O) groups excluding carboxylic acids is 2. The number of carbonyl (C=O) groups is 2. The number of nitrogens with zero attached hydrogens (tertiary/aromatic N) is 6. The van der Waals surface area contributed by atoms with E-state index < -0.39 is 24.3 Å². The molecule has 13 heteroatoms. The predicted molar refractivity (Wildman–Crippen MR) is 179 cm³/mol. The molecule has 4 atom stereocenters. The number of hydrogen-bond acceptors (Lipinski definition) is 10.